The predicted molar refractivity (Wildman–Crippen MR) is 209 cm³/mol. The lowest BCUT2D eigenvalue weighted by atomic mass is 9.80. The molecule has 4 rings (SSSR count). The number of rotatable bonds is 21. The molecule has 0 radical (unpaired) electrons. The molecule has 12 heteroatoms. The Hall–Kier alpha value is -4.97. The Balaban J connectivity index is 1.44. The van der Waals surface area contributed by atoms with E-state index in [9.17, 15) is 24.3 Å². The van der Waals surface area contributed by atoms with Crippen molar-refractivity contribution in [3.8, 4) is 0 Å². The van der Waals surface area contributed by atoms with Crippen molar-refractivity contribution in [2.45, 2.75) is 103 Å². The minimum atomic E-state index is -1.15. The van der Waals surface area contributed by atoms with Crippen molar-refractivity contribution in [3.63, 3.8) is 0 Å². The topological polar surface area (TPSA) is 186 Å². The summed E-state index contributed by atoms with van der Waals surface area (Å²) in [5, 5.41) is 32.2. The Morgan fingerprint density at radius 3 is 2.35 bits per heavy atom. The molecular weight excluding hydrogens is 684 g/mol. The number of allylic oxidation sites excluding steroid dienone is 1. The summed E-state index contributed by atoms with van der Waals surface area (Å²) in [6.07, 6.45) is 12.9. The van der Waals surface area contributed by atoms with E-state index in [0.29, 0.717) is 55.0 Å². The van der Waals surface area contributed by atoms with Gasteiger partial charge in [0.05, 0.1) is 18.5 Å². The van der Waals surface area contributed by atoms with Crippen molar-refractivity contribution < 1.29 is 29.4 Å². The monoisotopic (exact) mass is 742 g/mol. The van der Waals surface area contributed by atoms with Gasteiger partial charge in [-0.25, -0.2) is 9.78 Å². The molecule has 1 heterocycles. The van der Waals surface area contributed by atoms with Gasteiger partial charge in [0.15, 0.2) is 0 Å². The number of amides is 4. The minimum Gasteiger partial charge on any atom is -0.465 e. The summed E-state index contributed by atoms with van der Waals surface area (Å²) in [6.45, 7) is 4.88. The molecule has 0 spiro atoms. The molecule has 4 amide bonds. The molecule has 1 aromatic heterocycles. The molecule has 1 aliphatic rings. The van der Waals surface area contributed by atoms with Gasteiger partial charge >= 0.3 is 6.09 Å². The van der Waals surface area contributed by atoms with Crippen LogP contribution in [0.1, 0.15) is 92.4 Å². The normalized spacial score (nSPS) is 15.6. The molecule has 0 saturated heterocycles. The third-order valence-electron chi connectivity index (χ3n) is 10.4. The largest absolute Gasteiger partial charge is 0.465 e. The molecule has 3 aromatic rings. The van der Waals surface area contributed by atoms with Crippen molar-refractivity contribution in [2.24, 2.45) is 17.8 Å². The van der Waals surface area contributed by atoms with Crippen LogP contribution in [0.5, 0.6) is 0 Å². The van der Waals surface area contributed by atoms with E-state index in [1.165, 1.54) is 12.7 Å². The number of carboxylic acid groups (broad SMARTS) is 1. The summed E-state index contributed by atoms with van der Waals surface area (Å²) in [5.41, 5.74) is 2.82. The standard InChI is InChI=1S/C42H58N6O6/c1-29(2)33(17-11-19-39(50)44-22-20-30-12-5-3-6-13-30)25-38(49)36(24-31-14-7-4-8-15-31)47-41(52)37(26-34-27-43-28-46-34)48-40(51)35-18-10-9-16-32(35)21-23-45-42(53)54/h3,5-6,9-13,16,18-19,27-29,31,33,36-38,45,49H,4,7-8,14-15,17,20-26H2,1-2H3,(H,43,46)(H,44,50)(H,47,52)(H,48,51)(H,53,54)/b19-11+/t33-,36-,37-,38-/m0/s1. The predicted octanol–water partition coefficient (Wildman–Crippen LogP) is 5.34. The van der Waals surface area contributed by atoms with Gasteiger partial charge in [0.25, 0.3) is 5.91 Å². The number of carbonyl (C=O) groups is 4. The number of H-pyrrole nitrogens is 1. The van der Waals surface area contributed by atoms with E-state index in [2.05, 4.69) is 45.1 Å². The fraction of sp³-hybridized carbons (Fsp3) is 0.500. The van der Waals surface area contributed by atoms with Gasteiger partial charge in [-0.3, -0.25) is 14.4 Å². The molecule has 1 fully saturated rings. The molecular formula is C42H58N6O6. The average Bonchev–Trinajstić information content (AvgIpc) is 3.68. The first-order chi connectivity index (χ1) is 26.1. The zero-order chi connectivity index (χ0) is 38.7. The number of imidazole rings is 1. The highest BCUT2D eigenvalue weighted by molar-refractivity contribution is 5.98. The SMILES string of the molecule is CC(C)[C@@H](C/C=C/C(=O)NCCc1ccccc1)C[C@H](O)[C@H](CC1CCCCC1)NC(=O)[C@H](Cc1cnc[nH]1)NC(=O)c1ccccc1CCNC(=O)O. The van der Waals surface area contributed by atoms with Crippen LogP contribution in [0, 0.1) is 17.8 Å². The molecule has 7 N–H and O–H groups in total. The Labute approximate surface area is 319 Å². The van der Waals surface area contributed by atoms with E-state index < -0.39 is 36.1 Å². The first kappa shape index (κ1) is 41.8. The number of aromatic nitrogens is 2. The molecule has 12 nitrogen and oxygen atoms in total. The fourth-order valence-electron chi connectivity index (χ4n) is 7.20. The summed E-state index contributed by atoms with van der Waals surface area (Å²) in [7, 11) is 0. The van der Waals surface area contributed by atoms with Gasteiger partial charge in [-0.05, 0) is 73.1 Å². The second-order valence-electron chi connectivity index (χ2n) is 14.8. The second-order valence-corrected chi connectivity index (χ2v) is 14.8. The molecule has 292 valence electrons. The quantitative estimate of drug-likeness (QED) is 0.0718. The zero-order valence-corrected chi connectivity index (χ0v) is 31.6. The van der Waals surface area contributed by atoms with E-state index in [4.69, 9.17) is 5.11 Å². The number of nitrogens with zero attached hydrogens (tertiary/aromatic N) is 1. The van der Waals surface area contributed by atoms with E-state index in [1.54, 1.807) is 36.5 Å². The second kappa shape index (κ2) is 22.3. The number of aliphatic hydroxyl groups excluding tert-OH is 1. The van der Waals surface area contributed by atoms with E-state index in [1.807, 2.05) is 36.4 Å². The van der Waals surface area contributed by atoms with Crippen molar-refractivity contribution >= 4 is 23.8 Å². The Kier molecular flexibility index (Phi) is 17.2. The highest BCUT2D eigenvalue weighted by atomic mass is 16.4. The van der Waals surface area contributed by atoms with Crippen LogP contribution in [0.15, 0.2) is 79.3 Å². The van der Waals surface area contributed by atoms with Crippen LogP contribution >= 0.6 is 0 Å². The lowest BCUT2D eigenvalue weighted by Gasteiger charge is -2.33. The molecule has 1 aliphatic carbocycles. The van der Waals surface area contributed by atoms with E-state index in [0.717, 1.165) is 37.7 Å². The van der Waals surface area contributed by atoms with Crippen LogP contribution in [0.2, 0.25) is 0 Å². The lowest BCUT2D eigenvalue weighted by Crippen LogP contribution is -2.54. The summed E-state index contributed by atoms with van der Waals surface area (Å²) in [5.74, 6) is -0.373. The Bertz CT molecular complexity index is 1620. The van der Waals surface area contributed by atoms with Crippen molar-refractivity contribution in [1.29, 1.82) is 0 Å². The maximum absolute atomic E-state index is 14.2. The minimum absolute atomic E-state index is 0.0618. The van der Waals surface area contributed by atoms with Gasteiger partial charge < -0.3 is 36.5 Å². The summed E-state index contributed by atoms with van der Waals surface area (Å²) < 4.78 is 0. The fourth-order valence-corrected chi connectivity index (χ4v) is 7.20. The van der Waals surface area contributed by atoms with Gasteiger partial charge in [0.1, 0.15) is 6.04 Å². The van der Waals surface area contributed by atoms with Crippen LogP contribution in [-0.2, 0) is 28.9 Å². The first-order valence-electron chi connectivity index (χ1n) is 19.4. The zero-order valence-electron chi connectivity index (χ0n) is 31.6. The molecule has 0 bridgehead atoms. The highest BCUT2D eigenvalue weighted by Gasteiger charge is 2.32. The number of nitrogens with one attached hydrogen (secondary N) is 5. The van der Waals surface area contributed by atoms with Gasteiger partial charge in [-0.15, -0.1) is 0 Å². The molecule has 4 atom stereocenters. The smallest absolute Gasteiger partial charge is 0.404 e. The number of carbonyl (C=O) groups excluding carboxylic acids is 3. The number of aliphatic hydroxyl groups is 1. The van der Waals surface area contributed by atoms with E-state index in [-0.39, 0.29) is 30.7 Å². The third-order valence-corrected chi connectivity index (χ3v) is 10.4. The van der Waals surface area contributed by atoms with Gasteiger partial charge in [0, 0.05) is 37.0 Å². The number of hydrogen-bond acceptors (Lipinski definition) is 6. The van der Waals surface area contributed by atoms with Gasteiger partial charge in [-0.1, -0.05) is 101 Å². The van der Waals surface area contributed by atoms with Gasteiger partial charge in [0.2, 0.25) is 11.8 Å². The molecule has 0 unspecified atom stereocenters. The van der Waals surface area contributed by atoms with Crippen LogP contribution < -0.4 is 21.3 Å². The molecule has 1 saturated carbocycles. The first-order valence-corrected chi connectivity index (χ1v) is 19.4. The average molecular weight is 743 g/mol. The number of hydrogen-bond donors (Lipinski definition) is 7. The van der Waals surface area contributed by atoms with Gasteiger partial charge in [-0.2, -0.15) is 0 Å². The van der Waals surface area contributed by atoms with Crippen LogP contribution in [-0.4, -0.2) is 75.3 Å². The van der Waals surface area contributed by atoms with Crippen molar-refractivity contribution in [3.05, 3.63) is 102 Å². The van der Waals surface area contributed by atoms with E-state index >= 15 is 0 Å². The maximum Gasteiger partial charge on any atom is 0.404 e. The molecule has 0 aliphatic heterocycles. The Morgan fingerprint density at radius 2 is 1.65 bits per heavy atom. The van der Waals surface area contributed by atoms with Crippen molar-refractivity contribution in [1.82, 2.24) is 31.2 Å². The summed E-state index contributed by atoms with van der Waals surface area (Å²) in [4.78, 5) is 58.5. The van der Waals surface area contributed by atoms with Crippen LogP contribution in [0.4, 0.5) is 4.79 Å². The highest BCUT2D eigenvalue weighted by Crippen LogP contribution is 2.30. The maximum atomic E-state index is 14.2. The lowest BCUT2D eigenvalue weighted by molar-refractivity contribution is -0.125. The molecule has 54 heavy (non-hydrogen) atoms. The van der Waals surface area contributed by atoms with Crippen molar-refractivity contribution in [2.75, 3.05) is 13.1 Å². The molecule has 2 aromatic carbocycles. The van der Waals surface area contributed by atoms with Crippen LogP contribution in [0.25, 0.3) is 0 Å². The number of aromatic amines is 1. The third kappa shape index (κ3) is 14.5. The Morgan fingerprint density at radius 1 is 0.926 bits per heavy atom. The van der Waals surface area contributed by atoms with Crippen LogP contribution in [0.3, 0.4) is 0 Å². The number of benzene rings is 2. The summed E-state index contributed by atoms with van der Waals surface area (Å²) in [6, 6.07) is 15.4. The summed E-state index contributed by atoms with van der Waals surface area (Å²) >= 11 is 0.